The molecule has 106 valence electrons. The van der Waals surface area contributed by atoms with E-state index < -0.39 is 0 Å². The summed E-state index contributed by atoms with van der Waals surface area (Å²) in [6, 6.07) is 15.7. The fourth-order valence-electron chi connectivity index (χ4n) is 1.58. The van der Waals surface area contributed by atoms with Crippen LogP contribution in [0.25, 0.3) is 0 Å². The molecule has 0 fully saturated rings. The number of benzene rings is 2. The molecule has 0 saturated carbocycles. The smallest absolute Gasteiger partial charge is 0.124 e. The van der Waals surface area contributed by atoms with E-state index in [4.69, 9.17) is 5.11 Å². The van der Waals surface area contributed by atoms with Crippen LogP contribution in [0, 0.1) is 0 Å². The topological polar surface area (TPSA) is 37.3 Å². The molecule has 4 heteroatoms. The summed E-state index contributed by atoms with van der Waals surface area (Å²) < 4.78 is 2.09. The lowest BCUT2D eigenvalue weighted by molar-refractivity contribution is -0.107. The molecule has 0 saturated heterocycles. The Balaban J connectivity index is 0.000000200. The minimum Gasteiger partial charge on any atom is -0.396 e. The Labute approximate surface area is 136 Å². The molecule has 0 radical (unpaired) electrons. The van der Waals surface area contributed by atoms with Gasteiger partial charge in [-0.3, -0.25) is 0 Å². The third-order valence-corrected chi connectivity index (χ3v) is 3.48. The van der Waals surface area contributed by atoms with Gasteiger partial charge in [-0.25, -0.2) is 0 Å². The molecule has 2 aromatic carbocycles. The first-order valence-corrected chi connectivity index (χ1v) is 7.77. The predicted octanol–water partition coefficient (Wildman–Crippen LogP) is 4.17. The standard InChI is InChI=1S/C8H9BrO.C8H7BrO/c2*9-8-3-1-2-7(6-8)4-5-10/h1-3,6,10H,4-5H2;1-3,5-6H,4H2. The third-order valence-electron chi connectivity index (χ3n) is 2.50. The summed E-state index contributed by atoms with van der Waals surface area (Å²) in [5.74, 6) is 0. The minimum atomic E-state index is 0.219. The van der Waals surface area contributed by atoms with E-state index in [-0.39, 0.29) is 6.61 Å². The number of aliphatic hydroxyl groups excluding tert-OH is 1. The van der Waals surface area contributed by atoms with Crippen molar-refractivity contribution in [3.05, 3.63) is 68.6 Å². The summed E-state index contributed by atoms with van der Waals surface area (Å²) in [6.45, 7) is 0.219. The number of hydrogen-bond donors (Lipinski definition) is 1. The van der Waals surface area contributed by atoms with Gasteiger partial charge in [-0.05, 0) is 41.8 Å². The number of aldehydes is 1. The van der Waals surface area contributed by atoms with E-state index in [1.807, 2.05) is 48.5 Å². The summed E-state index contributed by atoms with van der Waals surface area (Å²) in [7, 11) is 0. The number of aliphatic hydroxyl groups is 1. The number of halogens is 2. The van der Waals surface area contributed by atoms with Gasteiger partial charge in [0.2, 0.25) is 0 Å². The lowest BCUT2D eigenvalue weighted by atomic mass is 10.2. The molecule has 0 aliphatic heterocycles. The fourth-order valence-corrected chi connectivity index (χ4v) is 2.48. The number of carbonyl (C=O) groups is 1. The fraction of sp³-hybridized carbons (Fsp3) is 0.188. The highest BCUT2D eigenvalue weighted by Gasteiger charge is 1.91. The molecule has 0 heterocycles. The lowest BCUT2D eigenvalue weighted by Crippen LogP contribution is -1.88. The van der Waals surface area contributed by atoms with Gasteiger partial charge in [0.25, 0.3) is 0 Å². The van der Waals surface area contributed by atoms with Gasteiger partial charge in [0.05, 0.1) is 0 Å². The zero-order valence-electron chi connectivity index (χ0n) is 10.9. The van der Waals surface area contributed by atoms with Crippen LogP contribution in [0.5, 0.6) is 0 Å². The number of rotatable bonds is 4. The maximum absolute atomic E-state index is 10.1. The van der Waals surface area contributed by atoms with Gasteiger partial charge in [0.1, 0.15) is 6.29 Å². The van der Waals surface area contributed by atoms with E-state index in [0.29, 0.717) is 6.42 Å². The molecule has 1 N–H and O–H groups in total. The second-order valence-corrected chi connectivity index (χ2v) is 5.94. The highest BCUT2D eigenvalue weighted by molar-refractivity contribution is 9.10. The first kappa shape index (κ1) is 17.1. The summed E-state index contributed by atoms with van der Waals surface area (Å²) >= 11 is 6.67. The molecule has 0 aromatic heterocycles. The lowest BCUT2D eigenvalue weighted by Gasteiger charge is -1.96. The molecular weight excluding hydrogens is 384 g/mol. The van der Waals surface area contributed by atoms with Gasteiger partial charge >= 0.3 is 0 Å². The quantitative estimate of drug-likeness (QED) is 0.783. The molecule has 0 aliphatic rings. The maximum Gasteiger partial charge on any atom is 0.124 e. The van der Waals surface area contributed by atoms with Gasteiger partial charge in [-0.2, -0.15) is 0 Å². The molecule has 2 rings (SSSR count). The van der Waals surface area contributed by atoms with Crippen molar-refractivity contribution in [1.29, 1.82) is 0 Å². The molecule has 2 aromatic rings. The van der Waals surface area contributed by atoms with Crippen LogP contribution >= 0.6 is 31.9 Å². The molecular formula is C16H16Br2O2. The normalized spacial score (nSPS) is 9.55. The van der Waals surface area contributed by atoms with Gasteiger partial charge in [-0.1, -0.05) is 56.1 Å². The second-order valence-electron chi connectivity index (χ2n) is 4.10. The van der Waals surface area contributed by atoms with E-state index in [1.54, 1.807) is 0 Å². The van der Waals surface area contributed by atoms with Crippen molar-refractivity contribution in [1.82, 2.24) is 0 Å². The first-order valence-electron chi connectivity index (χ1n) is 6.19. The van der Waals surface area contributed by atoms with Crippen molar-refractivity contribution in [2.24, 2.45) is 0 Å². The summed E-state index contributed by atoms with van der Waals surface area (Å²) in [6.07, 6.45) is 2.14. The molecule has 0 amide bonds. The summed E-state index contributed by atoms with van der Waals surface area (Å²) in [4.78, 5) is 10.1. The molecule has 0 bridgehead atoms. The maximum atomic E-state index is 10.1. The predicted molar refractivity (Wildman–Crippen MR) is 88.8 cm³/mol. The van der Waals surface area contributed by atoms with Crippen molar-refractivity contribution >= 4 is 38.1 Å². The Morgan fingerprint density at radius 2 is 1.50 bits per heavy atom. The Morgan fingerprint density at radius 3 is 2.00 bits per heavy atom. The van der Waals surface area contributed by atoms with Gasteiger partial charge in [0, 0.05) is 22.0 Å². The van der Waals surface area contributed by atoms with Crippen LogP contribution in [0.15, 0.2) is 57.5 Å². The van der Waals surface area contributed by atoms with Crippen molar-refractivity contribution < 1.29 is 9.90 Å². The Hall–Kier alpha value is -0.970. The minimum absolute atomic E-state index is 0.219. The SMILES string of the molecule is O=CCc1cccc(Br)c1.OCCc1cccc(Br)c1. The Kier molecular flexibility index (Phi) is 8.42. The van der Waals surface area contributed by atoms with Crippen LogP contribution < -0.4 is 0 Å². The number of hydrogen-bond acceptors (Lipinski definition) is 2. The van der Waals surface area contributed by atoms with Crippen molar-refractivity contribution in [3.63, 3.8) is 0 Å². The molecule has 20 heavy (non-hydrogen) atoms. The van der Waals surface area contributed by atoms with Crippen LogP contribution in [0.2, 0.25) is 0 Å². The van der Waals surface area contributed by atoms with E-state index in [2.05, 4.69) is 31.9 Å². The molecule has 0 atom stereocenters. The highest BCUT2D eigenvalue weighted by atomic mass is 79.9. The second kappa shape index (κ2) is 9.86. The zero-order valence-corrected chi connectivity index (χ0v) is 14.1. The van der Waals surface area contributed by atoms with Gasteiger partial charge in [-0.15, -0.1) is 0 Å². The van der Waals surface area contributed by atoms with Gasteiger partial charge < -0.3 is 9.90 Å². The van der Waals surface area contributed by atoms with E-state index >= 15 is 0 Å². The zero-order chi connectivity index (χ0) is 14.8. The van der Waals surface area contributed by atoms with Crippen molar-refractivity contribution in [2.45, 2.75) is 12.8 Å². The van der Waals surface area contributed by atoms with Crippen LogP contribution in [-0.4, -0.2) is 18.0 Å². The van der Waals surface area contributed by atoms with Crippen LogP contribution in [0.4, 0.5) is 0 Å². The molecule has 0 unspecified atom stereocenters. The Morgan fingerprint density at radius 1 is 0.950 bits per heavy atom. The summed E-state index contributed by atoms with van der Waals surface area (Å²) in [5.41, 5.74) is 2.21. The van der Waals surface area contributed by atoms with Crippen LogP contribution in [0.3, 0.4) is 0 Å². The molecule has 2 nitrogen and oxygen atoms in total. The van der Waals surface area contributed by atoms with Crippen LogP contribution in [-0.2, 0) is 17.6 Å². The van der Waals surface area contributed by atoms with Crippen molar-refractivity contribution in [2.75, 3.05) is 6.61 Å². The third kappa shape index (κ3) is 6.98. The van der Waals surface area contributed by atoms with E-state index in [1.165, 1.54) is 0 Å². The molecule has 0 aliphatic carbocycles. The number of carbonyl (C=O) groups excluding carboxylic acids is 1. The average Bonchev–Trinajstić information content (AvgIpc) is 2.40. The average molecular weight is 400 g/mol. The first-order chi connectivity index (χ1) is 9.65. The van der Waals surface area contributed by atoms with Crippen LogP contribution in [0.1, 0.15) is 11.1 Å². The summed E-state index contributed by atoms with van der Waals surface area (Å²) in [5, 5.41) is 8.60. The Bertz CT molecular complexity index is 542. The largest absolute Gasteiger partial charge is 0.396 e. The monoisotopic (exact) mass is 398 g/mol. The van der Waals surface area contributed by atoms with Crippen molar-refractivity contribution in [3.8, 4) is 0 Å². The molecule has 0 spiro atoms. The van der Waals surface area contributed by atoms with Gasteiger partial charge in [0.15, 0.2) is 0 Å². The van der Waals surface area contributed by atoms with E-state index in [9.17, 15) is 4.79 Å². The van der Waals surface area contributed by atoms with E-state index in [0.717, 1.165) is 32.8 Å². The highest BCUT2D eigenvalue weighted by Crippen LogP contribution is 2.12.